The molecule has 3 heterocycles. The van der Waals surface area contributed by atoms with Crippen molar-refractivity contribution in [3.05, 3.63) is 42.7 Å². The number of nitrogens with zero attached hydrogens (tertiary/aromatic N) is 4. The lowest BCUT2D eigenvalue weighted by molar-refractivity contribution is -0.130. The first-order valence-corrected chi connectivity index (χ1v) is 8.63. The molecule has 27 heavy (non-hydrogen) atoms. The molecule has 8 heteroatoms. The Bertz CT molecular complexity index is 1020. The molecule has 2 N–H and O–H groups in total. The quantitative estimate of drug-likeness (QED) is 0.697. The summed E-state index contributed by atoms with van der Waals surface area (Å²) in [6.07, 6.45) is 5.83. The van der Waals surface area contributed by atoms with Gasteiger partial charge in [-0.25, -0.2) is 9.37 Å². The number of hydrogen-bond donors (Lipinski definition) is 2. The lowest BCUT2D eigenvalue weighted by Crippen LogP contribution is -2.51. The standard InChI is InChI=1S/C19H17FN6O/c20-19(7-2-8-26(11-19)12-21)18(27)24-16-6-5-13(9-22-16)15-4-1-3-14-10-23-25-17(14)15/h1,3-6,9-10H,2,7-8,11H2,(H,23,25)(H,22,24,27)/t19-/m1/s1. The van der Waals surface area contributed by atoms with E-state index in [0.29, 0.717) is 13.0 Å². The highest BCUT2D eigenvalue weighted by Crippen LogP contribution is 2.28. The maximum absolute atomic E-state index is 14.9. The zero-order valence-corrected chi connectivity index (χ0v) is 14.4. The van der Waals surface area contributed by atoms with Gasteiger partial charge in [0.2, 0.25) is 5.67 Å². The number of fused-ring (bicyclic) bond motifs is 1. The van der Waals surface area contributed by atoms with E-state index in [-0.39, 0.29) is 18.8 Å². The van der Waals surface area contributed by atoms with Crippen LogP contribution in [-0.2, 0) is 4.79 Å². The summed E-state index contributed by atoms with van der Waals surface area (Å²) in [6.45, 7) is 0.247. The van der Waals surface area contributed by atoms with Crippen molar-refractivity contribution in [2.24, 2.45) is 0 Å². The summed E-state index contributed by atoms with van der Waals surface area (Å²) in [4.78, 5) is 17.9. The molecule has 0 spiro atoms. The highest BCUT2D eigenvalue weighted by molar-refractivity contribution is 5.97. The average Bonchev–Trinajstić information content (AvgIpc) is 3.17. The van der Waals surface area contributed by atoms with Crippen LogP contribution < -0.4 is 5.32 Å². The molecule has 1 amide bonds. The van der Waals surface area contributed by atoms with Crippen LogP contribution in [0.5, 0.6) is 0 Å². The molecule has 1 fully saturated rings. The van der Waals surface area contributed by atoms with Gasteiger partial charge >= 0.3 is 0 Å². The second-order valence-corrected chi connectivity index (χ2v) is 6.62. The molecule has 1 saturated heterocycles. The van der Waals surface area contributed by atoms with Crippen molar-refractivity contribution >= 4 is 22.6 Å². The van der Waals surface area contributed by atoms with E-state index in [0.717, 1.165) is 22.0 Å². The van der Waals surface area contributed by atoms with E-state index in [1.54, 1.807) is 18.5 Å². The van der Waals surface area contributed by atoms with Crippen molar-refractivity contribution in [2.75, 3.05) is 18.4 Å². The number of pyridine rings is 1. The lowest BCUT2D eigenvalue weighted by Gasteiger charge is -2.33. The molecule has 0 aliphatic carbocycles. The number of aromatic nitrogens is 3. The number of carbonyl (C=O) groups is 1. The Balaban J connectivity index is 1.52. The lowest BCUT2D eigenvalue weighted by atomic mass is 9.94. The fraction of sp³-hybridized carbons (Fsp3) is 0.263. The average molecular weight is 364 g/mol. The number of likely N-dealkylation sites (tertiary alicyclic amines) is 1. The van der Waals surface area contributed by atoms with Crippen LogP contribution in [-0.4, -0.2) is 44.7 Å². The number of benzene rings is 1. The number of carbonyl (C=O) groups excluding carboxylic acids is 1. The van der Waals surface area contributed by atoms with Crippen LogP contribution in [0.15, 0.2) is 42.7 Å². The predicted molar refractivity (Wildman–Crippen MR) is 98.2 cm³/mol. The Hall–Kier alpha value is -3.47. The highest BCUT2D eigenvalue weighted by atomic mass is 19.1. The summed E-state index contributed by atoms with van der Waals surface area (Å²) in [6, 6.07) is 9.28. The monoisotopic (exact) mass is 364 g/mol. The number of anilines is 1. The number of H-pyrrole nitrogens is 1. The van der Waals surface area contributed by atoms with E-state index in [4.69, 9.17) is 5.26 Å². The fourth-order valence-corrected chi connectivity index (χ4v) is 3.35. The third kappa shape index (κ3) is 3.19. The van der Waals surface area contributed by atoms with E-state index in [9.17, 15) is 9.18 Å². The molecular weight excluding hydrogens is 347 g/mol. The number of aromatic amines is 1. The smallest absolute Gasteiger partial charge is 0.265 e. The van der Waals surface area contributed by atoms with Gasteiger partial charge in [-0.3, -0.25) is 9.89 Å². The van der Waals surface area contributed by atoms with Crippen molar-refractivity contribution in [3.63, 3.8) is 0 Å². The number of piperidine rings is 1. The number of alkyl halides is 1. The molecule has 0 saturated carbocycles. The molecule has 136 valence electrons. The van der Waals surface area contributed by atoms with E-state index >= 15 is 0 Å². The molecule has 3 aromatic rings. The molecule has 1 aliphatic rings. The molecular formula is C19H17FN6O. The first-order chi connectivity index (χ1) is 13.1. The number of hydrogen-bond acceptors (Lipinski definition) is 5. The van der Waals surface area contributed by atoms with E-state index in [1.807, 2.05) is 30.5 Å². The minimum absolute atomic E-state index is 0.0942. The minimum Gasteiger partial charge on any atom is -0.308 e. The second-order valence-electron chi connectivity index (χ2n) is 6.62. The van der Waals surface area contributed by atoms with Crippen molar-refractivity contribution in [2.45, 2.75) is 18.5 Å². The molecule has 4 rings (SSSR count). The van der Waals surface area contributed by atoms with Crippen LogP contribution in [0, 0.1) is 11.5 Å². The first kappa shape index (κ1) is 17.0. The van der Waals surface area contributed by atoms with Crippen LogP contribution in [0.1, 0.15) is 12.8 Å². The van der Waals surface area contributed by atoms with Gasteiger partial charge in [-0.15, -0.1) is 0 Å². The van der Waals surface area contributed by atoms with Gasteiger partial charge in [-0.05, 0) is 25.0 Å². The largest absolute Gasteiger partial charge is 0.308 e. The number of amides is 1. The van der Waals surface area contributed by atoms with Crippen LogP contribution in [0.2, 0.25) is 0 Å². The van der Waals surface area contributed by atoms with E-state index in [1.165, 1.54) is 4.90 Å². The minimum atomic E-state index is -2.09. The Labute approximate surface area is 154 Å². The summed E-state index contributed by atoms with van der Waals surface area (Å²) in [5.74, 6) is -0.495. The SMILES string of the molecule is N#CN1CCC[C@](F)(C(=O)Nc2ccc(-c3cccc4cn[nH]c34)cn2)C1. The molecule has 0 radical (unpaired) electrons. The maximum Gasteiger partial charge on any atom is 0.265 e. The third-order valence-corrected chi connectivity index (χ3v) is 4.78. The van der Waals surface area contributed by atoms with Crippen LogP contribution in [0.3, 0.4) is 0 Å². The Kier molecular flexibility index (Phi) is 4.20. The molecule has 0 unspecified atom stereocenters. The number of rotatable bonds is 3. The Morgan fingerprint density at radius 2 is 2.22 bits per heavy atom. The zero-order chi connectivity index (χ0) is 18.9. The summed E-state index contributed by atoms with van der Waals surface area (Å²) < 4.78 is 14.9. The van der Waals surface area contributed by atoms with E-state index < -0.39 is 11.6 Å². The topological polar surface area (TPSA) is 97.7 Å². The summed E-state index contributed by atoms with van der Waals surface area (Å²) in [5, 5.41) is 19.5. The predicted octanol–water partition coefficient (Wildman–Crippen LogP) is 2.85. The van der Waals surface area contributed by atoms with Gasteiger partial charge in [-0.1, -0.05) is 18.2 Å². The van der Waals surface area contributed by atoms with Gasteiger partial charge in [0.15, 0.2) is 6.19 Å². The molecule has 0 bridgehead atoms. The molecule has 7 nitrogen and oxygen atoms in total. The second kappa shape index (κ2) is 6.68. The molecule has 2 aromatic heterocycles. The molecule has 1 atom stereocenters. The van der Waals surface area contributed by atoms with Gasteiger partial charge in [0, 0.05) is 29.3 Å². The highest BCUT2D eigenvalue weighted by Gasteiger charge is 2.42. The Morgan fingerprint density at radius 3 is 3.00 bits per heavy atom. The first-order valence-electron chi connectivity index (χ1n) is 8.63. The van der Waals surface area contributed by atoms with Gasteiger partial charge in [-0.2, -0.15) is 10.4 Å². The van der Waals surface area contributed by atoms with Crippen LogP contribution >= 0.6 is 0 Å². The van der Waals surface area contributed by atoms with Crippen LogP contribution in [0.4, 0.5) is 10.2 Å². The number of nitrogens with one attached hydrogen (secondary N) is 2. The van der Waals surface area contributed by atoms with Gasteiger partial charge in [0.1, 0.15) is 5.82 Å². The number of para-hydroxylation sites is 1. The van der Waals surface area contributed by atoms with Gasteiger partial charge in [0.05, 0.1) is 18.3 Å². The van der Waals surface area contributed by atoms with Crippen molar-refractivity contribution in [1.29, 1.82) is 5.26 Å². The van der Waals surface area contributed by atoms with Crippen LogP contribution in [0.25, 0.3) is 22.0 Å². The molecule has 1 aliphatic heterocycles. The zero-order valence-electron chi connectivity index (χ0n) is 14.4. The van der Waals surface area contributed by atoms with Gasteiger partial charge < -0.3 is 10.2 Å². The van der Waals surface area contributed by atoms with E-state index in [2.05, 4.69) is 20.5 Å². The molecule has 1 aromatic carbocycles. The van der Waals surface area contributed by atoms with Crippen molar-refractivity contribution in [1.82, 2.24) is 20.1 Å². The maximum atomic E-state index is 14.9. The number of halogens is 1. The van der Waals surface area contributed by atoms with Crippen molar-refractivity contribution < 1.29 is 9.18 Å². The summed E-state index contributed by atoms with van der Waals surface area (Å²) >= 11 is 0. The summed E-state index contributed by atoms with van der Waals surface area (Å²) in [5.41, 5.74) is 0.605. The third-order valence-electron chi connectivity index (χ3n) is 4.78. The fourth-order valence-electron chi connectivity index (χ4n) is 3.35. The van der Waals surface area contributed by atoms with Crippen molar-refractivity contribution in [3.8, 4) is 17.3 Å². The normalized spacial score (nSPS) is 19.6. The number of nitriles is 1. The van der Waals surface area contributed by atoms with Gasteiger partial charge in [0.25, 0.3) is 5.91 Å². The Morgan fingerprint density at radius 1 is 1.33 bits per heavy atom. The summed E-state index contributed by atoms with van der Waals surface area (Å²) in [7, 11) is 0.